The first-order valence-electron chi connectivity index (χ1n) is 6.79. The average molecular weight is 276 g/mol. The number of nitrogens with one attached hydrogen (secondary N) is 1. The van der Waals surface area contributed by atoms with Crippen LogP contribution in [0.2, 0.25) is 0 Å². The number of thioether (sulfide) groups is 1. The van der Waals surface area contributed by atoms with E-state index in [0.717, 1.165) is 34.9 Å². The highest BCUT2D eigenvalue weighted by atomic mass is 32.2. The molecule has 1 N–H and O–H groups in total. The zero-order chi connectivity index (χ0) is 13.7. The molecule has 0 aromatic heterocycles. The number of carbonyl (C=O) groups is 1. The number of aliphatic imine (C=N–C) groups is 1. The van der Waals surface area contributed by atoms with Gasteiger partial charge in [-0.1, -0.05) is 19.8 Å². The molecule has 0 heterocycles. The molecule has 0 bridgehead atoms. The van der Waals surface area contributed by atoms with Crippen LogP contribution in [0.25, 0.3) is 0 Å². The summed E-state index contributed by atoms with van der Waals surface area (Å²) in [6.45, 7) is 5.68. The van der Waals surface area contributed by atoms with Crippen molar-refractivity contribution in [3.05, 3.63) is 18.2 Å². The zero-order valence-electron chi connectivity index (χ0n) is 11.3. The van der Waals surface area contributed by atoms with Crippen molar-refractivity contribution in [3.8, 4) is 0 Å². The standard InChI is InChI=1S/C15H20N2OS/c1-3-19-14-10-12(8-9-13(14)16-2)17-15(18)11-6-4-5-7-11/h8-11H,2-7H2,1H3,(H,17,18). The van der Waals surface area contributed by atoms with E-state index in [1.54, 1.807) is 11.8 Å². The lowest BCUT2D eigenvalue weighted by atomic mass is 10.1. The number of nitrogens with zero attached hydrogens (tertiary/aromatic N) is 1. The van der Waals surface area contributed by atoms with Crippen LogP contribution in [0.1, 0.15) is 32.6 Å². The fourth-order valence-corrected chi connectivity index (χ4v) is 3.23. The van der Waals surface area contributed by atoms with Gasteiger partial charge in [0.05, 0.1) is 5.69 Å². The largest absolute Gasteiger partial charge is 0.326 e. The Hall–Kier alpha value is -1.29. The Morgan fingerprint density at radius 1 is 1.47 bits per heavy atom. The summed E-state index contributed by atoms with van der Waals surface area (Å²) in [7, 11) is 0. The van der Waals surface area contributed by atoms with Crippen molar-refractivity contribution in [2.45, 2.75) is 37.5 Å². The summed E-state index contributed by atoms with van der Waals surface area (Å²) in [6.07, 6.45) is 4.39. The lowest BCUT2D eigenvalue weighted by Crippen LogP contribution is -2.20. The van der Waals surface area contributed by atoms with Crippen molar-refractivity contribution in [1.82, 2.24) is 0 Å². The minimum atomic E-state index is 0.157. The highest BCUT2D eigenvalue weighted by Crippen LogP contribution is 2.32. The highest BCUT2D eigenvalue weighted by Gasteiger charge is 2.22. The maximum absolute atomic E-state index is 12.1. The van der Waals surface area contributed by atoms with Gasteiger partial charge in [-0.2, -0.15) is 0 Å². The quantitative estimate of drug-likeness (QED) is 0.645. The number of hydrogen-bond donors (Lipinski definition) is 1. The SMILES string of the molecule is C=Nc1ccc(NC(=O)C2CCCC2)cc1SCC. The Morgan fingerprint density at radius 3 is 2.84 bits per heavy atom. The molecule has 3 nitrogen and oxygen atoms in total. The molecule has 1 amide bonds. The second-order valence-corrected chi connectivity index (χ2v) is 6.05. The molecular weight excluding hydrogens is 256 g/mol. The molecule has 1 saturated carbocycles. The summed E-state index contributed by atoms with van der Waals surface area (Å²) < 4.78 is 0. The van der Waals surface area contributed by atoms with Crippen LogP contribution in [-0.4, -0.2) is 18.4 Å². The number of benzene rings is 1. The molecule has 0 saturated heterocycles. The Bertz CT molecular complexity index is 467. The van der Waals surface area contributed by atoms with Crippen molar-refractivity contribution < 1.29 is 4.79 Å². The summed E-state index contributed by atoms with van der Waals surface area (Å²) in [4.78, 5) is 17.2. The third kappa shape index (κ3) is 3.60. The molecule has 0 atom stereocenters. The van der Waals surface area contributed by atoms with Gasteiger partial charge in [0.15, 0.2) is 0 Å². The summed E-state index contributed by atoms with van der Waals surface area (Å²) in [6, 6.07) is 5.80. The Morgan fingerprint density at radius 2 is 2.21 bits per heavy atom. The topological polar surface area (TPSA) is 41.5 Å². The van der Waals surface area contributed by atoms with Gasteiger partial charge < -0.3 is 5.32 Å². The van der Waals surface area contributed by atoms with E-state index < -0.39 is 0 Å². The molecule has 2 rings (SSSR count). The van der Waals surface area contributed by atoms with Crippen LogP contribution in [0, 0.1) is 5.92 Å². The van der Waals surface area contributed by atoms with Crippen molar-refractivity contribution >= 4 is 35.8 Å². The first kappa shape index (κ1) is 14.1. The highest BCUT2D eigenvalue weighted by molar-refractivity contribution is 7.99. The van der Waals surface area contributed by atoms with Crippen molar-refractivity contribution in [1.29, 1.82) is 0 Å². The van der Waals surface area contributed by atoms with Crippen LogP contribution in [0.5, 0.6) is 0 Å². The maximum atomic E-state index is 12.1. The first-order valence-corrected chi connectivity index (χ1v) is 7.77. The van der Waals surface area contributed by atoms with E-state index in [-0.39, 0.29) is 11.8 Å². The van der Waals surface area contributed by atoms with Crippen LogP contribution >= 0.6 is 11.8 Å². The molecule has 102 valence electrons. The van der Waals surface area contributed by atoms with E-state index in [1.807, 2.05) is 18.2 Å². The molecule has 1 fully saturated rings. The van der Waals surface area contributed by atoms with Crippen LogP contribution < -0.4 is 5.32 Å². The van der Waals surface area contributed by atoms with E-state index >= 15 is 0 Å². The number of amides is 1. The second-order valence-electron chi connectivity index (χ2n) is 4.74. The molecular formula is C15H20N2OS. The molecule has 19 heavy (non-hydrogen) atoms. The van der Waals surface area contributed by atoms with Crippen LogP contribution in [0.4, 0.5) is 11.4 Å². The molecule has 1 aliphatic carbocycles. The summed E-state index contributed by atoms with van der Waals surface area (Å²) >= 11 is 1.71. The Balaban J connectivity index is 2.09. The van der Waals surface area contributed by atoms with Gasteiger partial charge in [0, 0.05) is 16.5 Å². The molecule has 1 aromatic rings. The average Bonchev–Trinajstić information content (AvgIpc) is 2.93. The van der Waals surface area contributed by atoms with E-state index in [9.17, 15) is 4.79 Å². The normalized spacial score (nSPS) is 15.4. The predicted octanol–water partition coefficient (Wildman–Crippen LogP) is 4.26. The predicted molar refractivity (Wildman–Crippen MR) is 82.6 cm³/mol. The number of rotatable bonds is 5. The van der Waals surface area contributed by atoms with Gasteiger partial charge >= 0.3 is 0 Å². The Kier molecular flexibility index (Phi) is 5.02. The van der Waals surface area contributed by atoms with Gasteiger partial charge in [0.2, 0.25) is 5.91 Å². The van der Waals surface area contributed by atoms with E-state index in [2.05, 4.69) is 24.0 Å². The van der Waals surface area contributed by atoms with Gasteiger partial charge in [-0.15, -0.1) is 11.8 Å². The van der Waals surface area contributed by atoms with Crippen LogP contribution in [0.3, 0.4) is 0 Å². The first-order chi connectivity index (χ1) is 9.24. The molecule has 4 heteroatoms. The van der Waals surface area contributed by atoms with E-state index in [0.29, 0.717) is 0 Å². The van der Waals surface area contributed by atoms with Crippen molar-refractivity contribution in [2.24, 2.45) is 10.9 Å². The Labute approximate surface area is 118 Å². The second kappa shape index (κ2) is 6.75. The number of carbonyl (C=O) groups excluding carboxylic acids is 1. The maximum Gasteiger partial charge on any atom is 0.227 e. The molecule has 1 aliphatic rings. The minimum absolute atomic E-state index is 0.157. The van der Waals surface area contributed by atoms with Gasteiger partial charge in [-0.05, 0) is 43.5 Å². The lowest BCUT2D eigenvalue weighted by molar-refractivity contribution is -0.119. The molecule has 1 aromatic carbocycles. The smallest absolute Gasteiger partial charge is 0.227 e. The number of anilines is 1. The molecule has 0 unspecified atom stereocenters. The van der Waals surface area contributed by atoms with Crippen molar-refractivity contribution in [2.75, 3.05) is 11.1 Å². The molecule has 0 spiro atoms. The fraction of sp³-hybridized carbons (Fsp3) is 0.467. The third-order valence-corrected chi connectivity index (χ3v) is 4.35. The van der Waals surface area contributed by atoms with Gasteiger partial charge in [0.1, 0.15) is 0 Å². The van der Waals surface area contributed by atoms with Crippen LogP contribution in [-0.2, 0) is 4.79 Å². The van der Waals surface area contributed by atoms with Crippen LogP contribution in [0.15, 0.2) is 28.1 Å². The molecule has 0 radical (unpaired) electrons. The summed E-state index contributed by atoms with van der Waals surface area (Å²) in [5.41, 5.74) is 1.74. The van der Waals surface area contributed by atoms with E-state index in [4.69, 9.17) is 0 Å². The minimum Gasteiger partial charge on any atom is -0.326 e. The van der Waals surface area contributed by atoms with E-state index in [1.165, 1.54) is 12.8 Å². The number of hydrogen-bond acceptors (Lipinski definition) is 3. The zero-order valence-corrected chi connectivity index (χ0v) is 12.1. The third-order valence-electron chi connectivity index (χ3n) is 3.42. The van der Waals surface area contributed by atoms with Gasteiger partial charge in [0.25, 0.3) is 0 Å². The lowest BCUT2D eigenvalue weighted by Gasteiger charge is -2.12. The van der Waals surface area contributed by atoms with Crippen molar-refractivity contribution in [3.63, 3.8) is 0 Å². The summed E-state index contributed by atoms with van der Waals surface area (Å²) in [5.74, 6) is 1.33. The van der Waals surface area contributed by atoms with Gasteiger partial charge in [-0.3, -0.25) is 9.79 Å². The fourth-order valence-electron chi connectivity index (χ4n) is 2.43. The summed E-state index contributed by atoms with van der Waals surface area (Å²) in [5, 5.41) is 3.02. The monoisotopic (exact) mass is 276 g/mol. The van der Waals surface area contributed by atoms with Gasteiger partial charge in [-0.25, -0.2) is 0 Å². The molecule has 0 aliphatic heterocycles.